The molecular formula is C30H30N10O2S2. The van der Waals surface area contributed by atoms with Crippen LogP contribution in [-0.2, 0) is 13.1 Å². The average Bonchev–Trinajstić information content (AvgIpc) is 3.69. The molecule has 2 aliphatic heterocycles. The third-order valence-corrected chi connectivity index (χ3v) is 9.63. The second-order valence-electron chi connectivity index (χ2n) is 10.1. The van der Waals surface area contributed by atoms with Crippen molar-refractivity contribution < 1.29 is 9.47 Å². The van der Waals surface area contributed by atoms with E-state index in [1.165, 1.54) is 9.79 Å². The number of ether oxygens (including phenoxy) is 2. The lowest BCUT2D eigenvalue weighted by Crippen LogP contribution is -2.24. The summed E-state index contributed by atoms with van der Waals surface area (Å²) in [7, 11) is 3.67. The largest absolute Gasteiger partial charge is 0.491 e. The molecule has 224 valence electrons. The molecule has 2 atom stereocenters. The number of nitrogens with one attached hydrogen (secondary N) is 2. The van der Waals surface area contributed by atoms with Gasteiger partial charge >= 0.3 is 0 Å². The molecule has 0 saturated carbocycles. The van der Waals surface area contributed by atoms with Crippen molar-refractivity contribution in [3.63, 3.8) is 0 Å². The maximum Gasteiger partial charge on any atom is 0.165 e. The summed E-state index contributed by atoms with van der Waals surface area (Å²) in [5, 5.41) is 6.75. The molecule has 44 heavy (non-hydrogen) atoms. The minimum absolute atomic E-state index is 0.334. The van der Waals surface area contributed by atoms with Gasteiger partial charge in [-0.2, -0.15) is 0 Å². The van der Waals surface area contributed by atoms with Gasteiger partial charge in [-0.1, -0.05) is 24.3 Å². The van der Waals surface area contributed by atoms with E-state index in [1.807, 2.05) is 86.7 Å². The Labute approximate surface area is 262 Å². The molecule has 0 spiro atoms. The zero-order valence-corrected chi connectivity index (χ0v) is 25.8. The second-order valence-corrected chi connectivity index (χ2v) is 12.8. The van der Waals surface area contributed by atoms with Gasteiger partial charge in [-0.3, -0.25) is 0 Å². The lowest BCUT2D eigenvalue weighted by atomic mass is 10.3. The predicted molar refractivity (Wildman–Crippen MR) is 173 cm³/mol. The molecule has 0 saturated heterocycles. The lowest BCUT2D eigenvalue weighted by Gasteiger charge is -2.24. The van der Waals surface area contributed by atoms with Crippen molar-refractivity contribution in [2.75, 3.05) is 37.9 Å². The standard InChI is InChI=1S/2C15H15N5OS/c2*1-16-14-13-15(18-8-17-14)20(9-19-13)6-10-7-21-11-4-2-3-5-12(11)22-10/h2*2-5,8-10H,6-7H2,1H3,(H,16,17,18)/t2*10-/m10/s1. The van der Waals surface area contributed by atoms with E-state index in [9.17, 15) is 0 Å². The fourth-order valence-corrected chi connectivity index (χ4v) is 7.40. The minimum atomic E-state index is 0.334. The van der Waals surface area contributed by atoms with Gasteiger partial charge in [0.05, 0.1) is 23.2 Å². The van der Waals surface area contributed by atoms with Crippen LogP contribution in [0.5, 0.6) is 11.5 Å². The van der Waals surface area contributed by atoms with Crippen molar-refractivity contribution >= 4 is 57.5 Å². The van der Waals surface area contributed by atoms with Gasteiger partial charge in [0.2, 0.25) is 0 Å². The molecule has 8 rings (SSSR count). The summed E-state index contributed by atoms with van der Waals surface area (Å²) >= 11 is 3.68. The highest BCUT2D eigenvalue weighted by molar-refractivity contribution is 8.00. The number of hydrogen-bond acceptors (Lipinski definition) is 12. The van der Waals surface area contributed by atoms with Crippen LogP contribution in [0.15, 0.2) is 83.6 Å². The molecule has 0 amide bonds. The molecule has 2 aliphatic rings. The highest BCUT2D eigenvalue weighted by atomic mass is 32.2. The Morgan fingerprint density at radius 1 is 0.659 bits per heavy atom. The van der Waals surface area contributed by atoms with Crippen molar-refractivity contribution in [1.82, 2.24) is 39.0 Å². The van der Waals surface area contributed by atoms with Crippen molar-refractivity contribution in [1.29, 1.82) is 0 Å². The number of hydrogen-bond donors (Lipinski definition) is 2. The molecule has 12 nitrogen and oxygen atoms in total. The van der Waals surface area contributed by atoms with Crippen molar-refractivity contribution in [2.24, 2.45) is 0 Å². The fourth-order valence-electron chi connectivity index (χ4n) is 5.14. The Kier molecular flexibility index (Phi) is 8.07. The third kappa shape index (κ3) is 5.69. The van der Waals surface area contributed by atoms with Gasteiger partial charge in [-0.25, -0.2) is 29.9 Å². The molecule has 6 aromatic rings. The molecule has 14 heteroatoms. The molecule has 0 aliphatic carbocycles. The lowest BCUT2D eigenvalue weighted by molar-refractivity contribution is 0.294. The summed E-state index contributed by atoms with van der Waals surface area (Å²) in [6.07, 6.45) is 6.76. The number of aromatic nitrogens is 8. The first-order valence-electron chi connectivity index (χ1n) is 14.1. The monoisotopic (exact) mass is 626 g/mol. The van der Waals surface area contributed by atoms with Gasteiger partial charge in [0.1, 0.15) is 48.4 Å². The Hall–Kier alpha value is -4.56. The number of thioether (sulfide) groups is 2. The zero-order chi connectivity index (χ0) is 29.9. The topological polar surface area (TPSA) is 130 Å². The van der Waals surface area contributed by atoms with E-state index in [4.69, 9.17) is 9.47 Å². The first kappa shape index (κ1) is 28.2. The van der Waals surface area contributed by atoms with Crippen molar-refractivity contribution in [3.8, 4) is 11.5 Å². The second kappa shape index (κ2) is 12.6. The molecule has 2 N–H and O–H groups in total. The summed E-state index contributed by atoms with van der Waals surface area (Å²) in [4.78, 5) is 28.3. The highest BCUT2D eigenvalue weighted by Crippen LogP contribution is 2.38. The SMILES string of the molecule is CNc1ncnc2c1ncn2C[C@@H]1COc2ccccc2S1.CNc1ncnc2c1ncn2C[C@H]1COc2ccccc2S1. The summed E-state index contributed by atoms with van der Waals surface area (Å²) in [6, 6.07) is 16.3. The highest BCUT2D eigenvalue weighted by Gasteiger charge is 2.23. The Morgan fingerprint density at radius 3 is 1.57 bits per heavy atom. The summed E-state index contributed by atoms with van der Waals surface area (Å²) in [6.45, 7) is 2.97. The number of rotatable bonds is 6. The van der Waals surface area contributed by atoms with Crippen LogP contribution in [0.3, 0.4) is 0 Å². The van der Waals surface area contributed by atoms with Gasteiger partial charge in [0.15, 0.2) is 22.9 Å². The number of nitrogens with zero attached hydrogens (tertiary/aromatic N) is 8. The number of anilines is 2. The fraction of sp³-hybridized carbons (Fsp3) is 0.267. The zero-order valence-electron chi connectivity index (χ0n) is 24.1. The predicted octanol–water partition coefficient (Wildman–Crippen LogP) is 4.84. The molecule has 0 fully saturated rings. The molecule has 4 aromatic heterocycles. The van der Waals surface area contributed by atoms with Crippen molar-refractivity contribution in [2.45, 2.75) is 33.4 Å². The Bertz CT molecular complexity index is 1770. The van der Waals surface area contributed by atoms with Crippen LogP contribution in [0.2, 0.25) is 0 Å². The van der Waals surface area contributed by atoms with Gasteiger partial charge in [0, 0.05) is 37.0 Å². The quantitative estimate of drug-likeness (QED) is 0.262. The van der Waals surface area contributed by atoms with E-state index in [1.54, 1.807) is 12.7 Å². The molecule has 2 aromatic carbocycles. The normalized spacial score (nSPS) is 17.0. The van der Waals surface area contributed by atoms with E-state index in [0.717, 1.165) is 58.6 Å². The first-order chi connectivity index (χ1) is 21.7. The van der Waals surface area contributed by atoms with E-state index < -0.39 is 0 Å². The van der Waals surface area contributed by atoms with Gasteiger partial charge in [-0.15, -0.1) is 23.5 Å². The number of benzene rings is 2. The molecular weight excluding hydrogens is 597 g/mol. The summed E-state index contributed by atoms with van der Waals surface area (Å²) in [5.41, 5.74) is 3.29. The number of para-hydroxylation sites is 2. The third-order valence-electron chi connectivity index (χ3n) is 7.21. The van der Waals surface area contributed by atoms with E-state index in [-0.39, 0.29) is 0 Å². The summed E-state index contributed by atoms with van der Waals surface area (Å²) < 4.78 is 15.8. The minimum Gasteiger partial charge on any atom is -0.491 e. The smallest absolute Gasteiger partial charge is 0.165 e. The van der Waals surface area contributed by atoms with E-state index in [2.05, 4.69) is 61.8 Å². The van der Waals surface area contributed by atoms with Crippen LogP contribution < -0.4 is 20.1 Å². The average molecular weight is 627 g/mol. The van der Waals surface area contributed by atoms with Crippen LogP contribution >= 0.6 is 23.5 Å². The van der Waals surface area contributed by atoms with Crippen LogP contribution in [0.1, 0.15) is 0 Å². The first-order valence-corrected chi connectivity index (χ1v) is 15.9. The molecule has 0 unspecified atom stereocenters. The van der Waals surface area contributed by atoms with Gasteiger partial charge < -0.3 is 29.2 Å². The van der Waals surface area contributed by atoms with Crippen LogP contribution in [0.4, 0.5) is 11.6 Å². The van der Waals surface area contributed by atoms with E-state index in [0.29, 0.717) is 23.7 Å². The van der Waals surface area contributed by atoms with Crippen LogP contribution in [-0.4, -0.2) is 76.8 Å². The number of imidazole rings is 2. The molecule has 0 radical (unpaired) electrons. The van der Waals surface area contributed by atoms with Crippen LogP contribution in [0.25, 0.3) is 22.3 Å². The molecule has 0 bridgehead atoms. The maximum atomic E-state index is 5.84. The van der Waals surface area contributed by atoms with Gasteiger partial charge in [-0.05, 0) is 24.3 Å². The summed E-state index contributed by atoms with van der Waals surface area (Å²) in [5.74, 6) is 3.45. The van der Waals surface area contributed by atoms with Crippen LogP contribution in [0, 0.1) is 0 Å². The Morgan fingerprint density at radius 2 is 1.11 bits per heavy atom. The van der Waals surface area contributed by atoms with Crippen molar-refractivity contribution in [3.05, 3.63) is 73.8 Å². The van der Waals surface area contributed by atoms with Gasteiger partial charge in [0.25, 0.3) is 0 Å². The molecule has 6 heterocycles. The number of fused-ring (bicyclic) bond motifs is 4. The van der Waals surface area contributed by atoms with E-state index >= 15 is 0 Å². The Balaban J connectivity index is 0.000000142. The maximum absolute atomic E-state index is 5.84.